The number of nitrogens with one attached hydrogen (secondary N) is 1. The van der Waals surface area contributed by atoms with Crippen LogP contribution in [0.25, 0.3) is 0 Å². The topological polar surface area (TPSA) is 69.7 Å². The van der Waals surface area contributed by atoms with E-state index in [1.165, 1.54) is 17.5 Å². The van der Waals surface area contributed by atoms with Crippen LogP contribution in [0, 0.1) is 6.92 Å². The molecule has 0 spiro atoms. The molecule has 7 heteroatoms. The number of hydrogen-bond acceptors (Lipinski definition) is 6. The molecule has 3 aromatic rings. The van der Waals surface area contributed by atoms with Gasteiger partial charge in [-0.25, -0.2) is 4.98 Å². The summed E-state index contributed by atoms with van der Waals surface area (Å²) in [7, 11) is 1.60. The molecule has 1 fully saturated rings. The summed E-state index contributed by atoms with van der Waals surface area (Å²) in [4.78, 5) is 15.9. The van der Waals surface area contributed by atoms with E-state index in [4.69, 9.17) is 14.2 Å². The van der Waals surface area contributed by atoms with Crippen molar-refractivity contribution in [3.05, 3.63) is 77.0 Å². The smallest absolute Gasteiger partial charge is 0.231 e. The Hall–Kier alpha value is -3.19. The standard InChI is InChI=1S/C25H24N2O4S/c1-15-20(12-13-25(26-15)29-2)31-21-5-3-4-18-19(21)10-11-22(18)30-17-8-6-16(7-9-17)23-14-24(28)27-32-23/h3-9,12-13,22-23H,10-11,14H2,1-2H3,(H,27,28). The van der Waals surface area contributed by atoms with Crippen molar-refractivity contribution in [2.24, 2.45) is 0 Å². The second-order valence-corrected chi connectivity index (χ2v) is 8.92. The zero-order valence-corrected chi connectivity index (χ0v) is 18.8. The molecule has 1 saturated heterocycles. The zero-order chi connectivity index (χ0) is 22.1. The molecule has 32 heavy (non-hydrogen) atoms. The summed E-state index contributed by atoms with van der Waals surface area (Å²) < 4.78 is 20.5. The predicted octanol–water partition coefficient (Wildman–Crippen LogP) is 5.47. The lowest BCUT2D eigenvalue weighted by atomic mass is 10.1. The average molecular weight is 449 g/mol. The number of rotatable bonds is 6. The van der Waals surface area contributed by atoms with Crippen molar-refractivity contribution in [2.75, 3.05) is 7.11 Å². The van der Waals surface area contributed by atoms with E-state index in [2.05, 4.69) is 15.8 Å². The number of carbonyl (C=O) groups excluding carboxylic acids is 1. The normalized spacial score (nSPS) is 19.4. The molecule has 2 unspecified atom stereocenters. The van der Waals surface area contributed by atoms with Crippen molar-refractivity contribution in [2.45, 2.75) is 37.5 Å². The Bertz CT molecular complexity index is 1150. The van der Waals surface area contributed by atoms with Crippen LogP contribution in [0.15, 0.2) is 54.6 Å². The van der Waals surface area contributed by atoms with E-state index >= 15 is 0 Å². The monoisotopic (exact) mass is 448 g/mol. The van der Waals surface area contributed by atoms with Crippen molar-refractivity contribution in [3.8, 4) is 23.1 Å². The first kappa shape index (κ1) is 20.7. The minimum absolute atomic E-state index is 0.0152. The summed E-state index contributed by atoms with van der Waals surface area (Å²) in [6, 6.07) is 17.9. The summed E-state index contributed by atoms with van der Waals surface area (Å²) in [6.45, 7) is 1.91. The maximum atomic E-state index is 11.5. The molecule has 2 aromatic carbocycles. The zero-order valence-electron chi connectivity index (χ0n) is 18.0. The Labute approximate surface area is 191 Å². The molecule has 1 amide bonds. The number of benzene rings is 2. The van der Waals surface area contributed by atoms with Crippen molar-refractivity contribution < 1.29 is 19.0 Å². The minimum Gasteiger partial charge on any atom is -0.486 e. The number of nitrogens with zero attached hydrogens (tertiary/aromatic N) is 1. The van der Waals surface area contributed by atoms with Gasteiger partial charge in [-0.3, -0.25) is 9.52 Å². The van der Waals surface area contributed by atoms with Crippen molar-refractivity contribution in [1.82, 2.24) is 9.71 Å². The van der Waals surface area contributed by atoms with Gasteiger partial charge in [0.1, 0.15) is 23.4 Å². The van der Waals surface area contributed by atoms with E-state index < -0.39 is 0 Å². The first-order chi connectivity index (χ1) is 15.6. The third-order valence-corrected chi connectivity index (χ3v) is 6.90. The largest absolute Gasteiger partial charge is 0.486 e. The molecule has 2 atom stereocenters. The lowest BCUT2D eigenvalue weighted by Gasteiger charge is -2.17. The molecular weight excluding hydrogens is 424 g/mol. The molecule has 6 nitrogen and oxygen atoms in total. The number of aryl methyl sites for hydroxylation is 1. The number of ether oxygens (including phenoxy) is 3. The van der Waals surface area contributed by atoms with E-state index in [0.717, 1.165) is 46.9 Å². The van der Waals surface area contributed by atoms with Gasteiger partial charge < -0.3 is 14.2 Å². The van der Waals surface area contributed by atoms with Gasteiger partial charge in [0.15, 0.2) is 0 Å². The van der Waals surface area contributed by atoms with E-state index in [-0.39, 0.29) is 17.3 Å². The van der Waals surface area contributed by atoms with E-state index in [1.54, 1.807) is 13.2 Å². The lowest BCUT2D eigenvalue weighted by Crippen LogP contribution is -2.05. The van der Waals surface area contributed by atoms with Gasteiger partial charge in [0, 0.05) is 18.1 Å². The second-order valence-electron chi connectivity index (χ2n) is 7.91. The van der Waals surface area contributed by atoms with E-state index in [1.807, 2.05) is 49.4 Å². The predicted molar refractivity (Wildman–Crippen MR) is 123 cm³/mol. The first-order valence-electron chi connectivity index (χ1n) is 10.6. The molecule has 2 heterocycles. The fraction of sp³-hybridized carbons (Fsp3) is 0.280. The van der Waals surface area contributed by atoms with Gasteiger partial charge in [-0.1, -0.05) is 24.3 Å². The van der Waals surface area contributed by atoms with Gasteiger partial charge in [-0.05, 0) is 67.1 Å². The van der Waals surface area contributed by atoms with E-state index in [0.29, 0.717) is 12.3 Å². The Balaban J connectivity index is 1.31. The van der Waals surface area contributed by atoms with Crippen molar-refractivity contribution in [1.29, 1.82) is 0 Å². The minimum atomic E-state index is -0.0152. The van der Waals surface area contributed by atoms with Gasteiger partial charge >= 0.3 is 0 Å². The second kappa shape index (κ2) is 8.74. The molecule has 0 radical (unpaired) electrons. The number of fused-ring (bicyclic) bond motifs is 1. The van der Waals surface area contributed by atoms with Crippen LogP contribution in [-0.4, -0.2) is 18.0 Å². The highest BCUT2D eigenvalue weighted by molar-refractivity contribution is 7.98. The number of pyridine rings is 1. The van der Waals surface area contributed by atoms with Crippen LogP contribution < -0.4 is 18.9 Å². The Morgan fingerprint density at radius 2 is 1.91 bits per heavy atom. The van der Waals surface area contributed by atoms with Crippen molar-refractivity contribution in [3.63, 3.8) is 0 Å². The van der Waals surface area contributed by atoms with Gasteiger partial charge in [0.2, 0.25) is 11.8 Å². The fourth-order valence-electron chi connectivity index (χ4n) is 4.17. The third-order valence-electron chi connectivity index (χ3n) is 5.83. The molecule has 0 bridgehead atoms. The van der Waals surface area contributed by atoms with Crippen LogP contribution in [-0.2, 0) is 11.2 Å². The summed E-state index contributed by atoms with van der Waals surface area (Å²) in [6.07, 6.45) is 2.29. The maximum absolute atomic E-state index is 11.5. The molecule has 2 aliphatic rings. The molecule has 1 aliphatic carbocycles. The summed E-state index contributed by atoms with van der Waals surface area (Å²) in [5.41, 5.74) is 4.25. The first-order valence-corrected chi connectivity index (χ1v) is 11.5. The summed E-state index contributed by atoms with van der Waals surface area (Å²) in [5.74, 6) is 3.05. The summed E-state index contributed by atoms with van der Waals surface area (Å²) in [5, 5.41) is 0.166. The molecular formula is C25H24N2O4S. The van der Waals surface area contributed by atoms with Crippen LogP contribution in [0.4, 0.5) is 0 Å². The van der Waals surface area contributed by atoms with Crippen LogP contribution >= 0.6 is 11.9 Å². The highest BCUT2D eigenvalue weighted by Gasteiger charge is 2.28. The molecule has 1 N–H and O–H groups in total. The van der Waals surface area contributed by atoms with Crippen molar-refractivity contribution >= 4 is 17.9 Å². The summed E-state index contributed by atoms with van der Waals surface area (Å²) >= 11 is 1.47. The SMILES string of the molecule is COc1ccc(Oc2cccc3c2CCC3Oc2ccc(C3CC(=O)NS3)cc2)c(C)n1. The van der Waals surface area contributed by atoms with Gasteiger partial charge in [0.05, 0.1) is 18.1 Å². The Morgan fingerprint density at radius 1 is 1.06 bits per heavy atom. The average Bonchev–Trinajstić information content (AvgIpc) is 3.43. The number of hydrogen-bond donors (Lipinski definition) is 1. The number of carbonyl (C=O) groups is 1. The van der Waals surface area contributed by atoms with Crippen LogP contribution in [0.5, 0.6) is 23.1 Å². The Morgan fingerprint density at radius 3 is 2.62 bits per heavy atom. The highest BCUT2D eigenvalue weighted by atomic mass is 32.2. The number of methoxy groups -OCH3 is 1. The number of aromatic nitrogens is 1. The van der Waals surface area contributed by atoms with Gasteiger partial charge in [0.25, 0.3) is 0 Å². The quantitative estimate of drug-likeness (QED) is 0.505. The van der Waals surface area contributed by atoms with Crippen LogP contribution in [0.1, 0.15) is 46.6 Å². The van der Waals surface area contributed by atoms with Gasteiger partial charge in [-0.2, -0.15) is 0 Å². The van der Waals surface area contributed by atoms with Gasteiger partial charge in [-0.15, -0.1) is 0 Å². The third kappa shape index (κ3) is 4.12. The van der Waals surface area contributed by atoms with Crippen LogP contribution in [0.2, 0.25) is 0 Å². The highest BCUT2D eigenvalue weighted by Crippen LogP contribution is 2.42. The van der Waals surface area contributed by atoms with Crippen LogP contribution in [0.3, 0.4) is 0 Å². The molecule has 5 rings (SSSR count). The maximum Gasteiger partial charge on any atom is 0.231 e. The molecule has 0 saturated carbocycles. The Kier molecular flexibility index (Phi) is 5.66. The molecule has 164 valence electrons. The number of amides is 1. The molecule has 1 aliphatic heterocycles. The molecule has 1 aromatic heterocycles. The van der Waals surface area contributed by atoms with E-state index in [9.17, 15) is 4.79 Å². The lowest BCUT2D eigenvalue weighted by molar-refractivity contribution is -0.118. The fourth-order valence-corrected chi connectivity index (χ4v) is 5.05.